The van der Waals surface area contributed by atoms with Crippen LogP contribution in [0.4, 0.5) is 0 Å². The molecule has 2 rings (SSSR count). The third-order valence-electron chi connectivity index (χ3n) is 4.64. The van der Waals surface area contributed by atoms with Crippen LogP contribution in [-0.4, -0.2) is 31.3 Å². The fourth-order valence-electron chi connectivity index (χ4n) is 3.20. The lowest BCUT2D eigenvalue weighted by molar-refractivity contribution is -0.313. The molecule has 0 N–H and O–H groups in total. The zero-order chi connectivity index (χ0) is 23.8. The molecule has 0 heterocycles. The van der Waals surface area contributed by atoms with Gasteiger partial charge in [-0.05, 0) is 87.6 Å². The number of carbonyl (C=O) groups is 2. The van der Waals surface area contributed by atoms with Gasteiger partial charge in [0.05, 0.1) is 12.6 Å². The highest BCUT2D eigenvalue weighted by atomic mass is 33.1. The van der Waals surface area contributed by atoms with Crippen molar-refractivity contribution in [3.8, 4) is 11.5 Å². The molecule has 6 nitrogen and oxygen atoms in total. The highest BCUT2D eigenvalue weighted by Gasteiger charge is 2.15. The van der Waals surface area contributed by atoms with E-state index in [0.29, 0.717) is 24.5 Å². The van der Waals surface area contributed by atoms with Gasteiger partial charge in [0.1, 0.15) is 17.6 Å². The van der Waals surface area contributed by atoms with Gasteiger partial charge in [-0.15, -0.1) is 0 Å². The van der Waals surface area contributed by atoms with Crippen LogP contribution in [0.3, 0.4) is 0 Å². The van der Waals surface area contributed by atoms with Crippen molar-refractivity contribution in [3.63, 3.8) is 0 Å². The number of rotatable bonds is 11. The number of hydrogen-bond acceptors (Lipinski definition) is 8. The molecule has 0 radical (unpaired) electrons. The fraction of sp³-hybridized carbons (Fsp3) is 0.417. The van der Waals surface area contributed by atoms with Gasteiger partial charge < -0.3 is 24.1 Å². The molecular weight excluding hydrogens is 448 g/mol. The van der Waals surface area contributed by atoms with Gasteiger partial charge in [-0.2, -0.15) is 0 Å². The number of aliphatic carboxylic acids is 1. The zero-order valence-electron chi connectivity index (χ0n) is 19.3. The predicted molar refractivity (Wildman–Crippen MR) is 125 cm³/mol. The first-order valence-electron chi connectivity index (χ1n) is 10.4. The third-order valence-corrected chi connectivity index (χ3v) is 6.98. The lowest BCUT2D eigenvalue weighted by Crippen LogP contribution is -2.39. The molecule has 1 atom stereocenters. The molecular formula is C24H29O6S2-. The van der Waals surface area contributed by atoms with Gasteiger partial charge in [-0.25, -0.2) is 4.79 Å². The molecule has 2 aromatic rings. The van der Waals surface area contributed by atoms with E-state index in [1.165, 1.54) is 0 Å². The number of carboxylic acid groups (broad SMARTS) is 1. The van der Waals surface area contributed by atoms with Gasteiger partial charge in [0, 0.05) is 9.79 Å². The van der Waals surface area contributed by atoms with Crippen LogP contribution in [0.5, 0.6) is 11.5 Å². The van der Waals surface area contributed by atoms with Gasteiger partial charge in [-0.3, -0.25) is 0 Å². The smallest absolute Gasteiger partial charge is 0.344 e. The van der Waals surface area contributed by atoms with Crippen LogP contribution in [-0.2, 0) is 14.3 Å². The van der Waals surface area contributed by atoms with Crippen molar-refractivity contribution in [2.45, 2.75) is 63.9 Å². The molecule has 2 aromatic carbocycles. The minimum absolute atomic E-state index is 0.111. The molecule has 0 aliphatic heterocycles. The first-order valence-corrected chi connectivity index (χ1v) is 12.5. The zero-order valence-corrected chi connectivity index (χ0v) is 20.9. The van der Waals surface area contributed by atoms with Crippen LogP contribution < -0.4 is 14.6 Å². The van der Waals surface area contributed by atoms with Crippen molar-refractivity contribution in [2.24, 2.45) is 0 Å². The number of esters is 1. The Morgan fingerprint density at radius 2 is 1.34 bits per heavy atom. The predicted octanol–water partition coefficient (Wildman–Crippen LogP) is 4.57. The van der Waals surface area contributed by atoms with Gasteiger partial charge >= 0.3 is 5.97 Å². The highest BCUT2D eigenvalue weighted by Crippen LogP contribution is 2.42. The van der Waals surface area contributed by atoms with E-state index in [0.717, 1.165) is 32.0 Å². The number of carboxylic acids is 1. The van der Waals surface area contributed by atoms with E-state index in [9.17, 15) is 14.7 Å². The Morgan fingerprint density at radius 3 is 1.75 bits per heavy atom. The SMILES string of the molecule is CCOC(=O)COc1c(C)cc(SSc2cc(C)c(OC(CC)C(=O)[O-])c(C)c2)cc1C. The second-order valence-corrected chi connectivity index (χ2v) is 9.64. The van der Waals surface area contributed by atoms with Crippen molar-refractivity contribution in [1.82, 2.24) is 0 Å². The molecule has 0 bridgehead atoms. The Labute approximate surface area is 197 Å². The molecule has 0 saturated heterocycles. The fourth-order valence-corrected chi connectivity index (χ4v) is 5.45. The summed E-state index contributed by atoms with van der Waals surface area (Å²) in [5.74, 6) is -0.312. The van der Waals surface area contributed by atoms with E-state index in [1.54, 1.807) is 35.4 Å². The van der Waals surface area contributed by atoms with Crippen molar-refractivity contribution in [3.05, 3.63) is 46.5 Å². The molecule has 0 aromatic heterocycles. The summed E-state index contributed by atoms with van der Waals surface area (Å²) < 4.78 is 16.2. The lowest BCUT2D eigenvalue weighted by Gasteiger charge is -2.21. The quantitative estimate of drug-likeness (QED) is 0.344. The Hall–Kier alpha value is -2.32. The maximum atomic E-state index is 11.6. The summed E-state index contributed by atoms with van der Waals surface area (Å²) in [7, 11) is 3.22. The standard InChI is InChI=1S/C24H30O6S2/c1-7-20(24(26)27)30-23-16(5)11-19(12-17(23)6)32-31-18-9-14(3)22(15(4)10-18)29-13-21(25)28-8-2/h9-12,20H,7-8,13H2,1-6H3,(H,26,27)/p-1. The number of aryl methyl sites for hydroxylation is 4. The summed E-state index contributed by atoms with van der Waals surface area (Å²) in [5.41, 5.74) is 3.65. The molecule has 0 spiro atoms. The van der Waals surface area contributed by atoms with Crippen LogP contribution in [0.15, 0.2) is 34.1 Å². The first-order chi connectivity index (χ1) is 15.2. The second kappa shape index (κ2) is 12.1. The lowest BCUT2D eigenvalue weighted by atomic mass is 10.1. The van der Waals surface area contributed by atoms with Crippen LogP contribution in [0, 0.1) is 27.7 Å². The van der Waals surface area contributed by atoms with Crippen molar-refractivity contribution >= 4 is 33.5 Å². The van der Waals surface area contributed by atoms with Crippen molar-refractivity contribution in [1.29, 1.82) is 0 Å². The van der Waals surface area contributed by atoms with Crippen molar-refractivity contribution < 1.29 is 28.9 Å². The summed E-state index contributed by atoms with van der Waals surface area (Å²) in [5, 5.41) is 11.2. The van der Waals surface area contributed by atoms with Gasteiger partial charge in [-0.1, -0.05) is 28.5 Å². The van der Waals surface area contributed by atoms with Crippen LogP contribution >= 0.6 is 21.6 Å². The van der Waals surface area contributed by atoms with Crippen LogP contribution in [0.1, 0.15) is 42.5 Å². The largest absolute Gasteiger partial charge is 0.546 e. The molecule has 0 aliphatic rings. The number of benzene rings is 2. The van der Waals surface area contributed by atoms with Crippen molar-refractivity contribution in [2.75, 3.05) is 13.2 Å². The summed E-state index contributed by atoms with van der Waals surface area (Å²) in [6, 6.07) is 8.01. The van der Waals surface area contributed by atoms with Crippen LogP contribution in [0.25, 0.3) is 0 Å². The molecule has 0 fully saturated rings. The topological polar surface area (TPSA) is 84.9 Å². The van der Waals surface area contributed by atoms with Gasteiger partial charge in [0.2, 0.25) is 0 Å². The molecule has 0 aliphatic carbocycles. The maximum Gasteiger partial charge on any atom is 0.344 e. The minimum atomic E-state index is -1.21. The maximum absolute atomic E-state index is 11.6. The molecule has 32 heavy (non-hydrogen) atoms. The summed E-state index contributed by atoms with van der Waals surface area (Å²) >= 11 is 0. The Balaban J connectivity index is 2.08. The first kappa shape index (κ1) is 25.9. The molecule has 0 saturated carbocycles. The van der Waals surface area contributed by atoms with Gasteiger partial charge in [0.15, 0.2) is 6.61 Å². The number of ether oxygens (including phenoxy) is 3. The molecule has 8 heteroatoms. The normalized spacial score (nSPS) is 11.7. The average molecular weight is 478 g/mol. The molecule has 1 unspecified atom stereocenters. The summed E-state index contributed by atoms with van der Waals surface area (Å²) in [6.07, 6.45) is -0.623. The van der Waals surface area contributed by atoms with E-state index < -0.39 is 12.1 Å². The third kappa shape index (κ3) is 7.10. The summed E-state index contributed by atoms with van der Waals surface area (Å²) in [6.45, 7) is 11.4. The van der Waals surface area contributed by atoms with Gasteiger partial charge in [0.25, 0.3) is 0 Å². The molecule has 0 amide bonds. The van der Waals surface area contributed by atoms with Crippen LogP contribution in [0.2, 0.25) is 0 Å². The number of carbonyl (C=O) groups excluding carboxylic acids is 2. The minimum Gasteiger partial charge on any atom is -0.546 e. The Kier molecular flexibility index (Phi) is 9.78. The van der Waals surface area contributed by atoms with E-state index in [-0.39, 0.29) is 12.6 Å². The highest BCUT2D eigenvalue weighted by molar-refractivity contribution is 8.76. The van der Waals surface area contributed by atoms with E-state index >= 15 is 0 Å². The monoisotopic (exact) mass is 477 g/mol. The second-order valence-electron chi connectivity index (χ2n) is 7.37. The number of hydrogen-bond donors (Lipinski definition) is 0. The van der Waals surface area contributed by atoms with E-state index in [4.69, 9.17) is 14.2 Å². The average Bonchev–Trinajstić information content (AvgIpc) is 2.71. The van der Waals surface area contributed by atoms with E-state index in [1.807, 2.05) is 52.0 Å². The van der Waals surface area contributed by atoms with E-state index in [2.05, 4.69) is 0 Å². The molecule has 174 valence electrons. The Bertz CT molecular complexity index is 927. The summed E-state index contributed by atoms with van der Waals surface area (Å²) in [4.78, 5) is 24.8. The Morgan fingerprint density at radius 1 is 0.875 bits per heavy atom.